The van der Waals surface area contributed by atoms with Gasteiger partial charge in [-0.25, -0.2) is 4.79 Å². The second-order valence-electron chi connectivity index (χ2n) is 3.87. The van der Waals surface area contributed by atoms with Crippen LogP contribution in [-0.2, 0) is 16.1 Å². The van der Waals surface area contributed by atoms with Crippen LogP contribution in [0.1, 0.15) is 11.1 Å². The summed E-state index contributed by atoms with van der Waals surface area (Å²) in [5, 5.41) is 2.55. The van der Waals surface area contributed by atoms with Crippen molar-refractivity contribution < 1.29 is 14.3 Å². The third-order valence-corrected chi connectivity index (χ3v) is 2.44. The van der Waals surface area contributed by atoms with Crippen LogP contribution in [0, 0.1) is 0 Å². The average Bonchev–Trinajstić information content (AvgIpc) is 2.46. The molecule has 0 atom stereocenters. The Morgan fingerprint density at radius 1 is 1.11 bits per heavy atom. The van der Waals surface area contributed by atoms with E-state index in [1.165, 1.54) is 6.07 Å². The van der Waals surface area contributed by atoms with E-state index in [9.17, 15) is 9.59 Å². The van der Waals surface area contributed by atoms with Crippen LogP contribution in [0.5, 0.6) is 0 Å². The Bertz CT molecular complexity index is 567. The monoisotopic (exact) mass is 254 g/mol. The van der Waals surface area contributed by atoms with Crippen molar-refractivity contribution in [2.24, 2.45) is 0 Å². The highest BCUT2D eigenvalue weighted by Crippen LogP contribution is 2.10. The molecule has 0 unspecified atom stereocenters. The minimum Gasteiger partial charge on any atom is -0.444 e. The molecule has 0 aliphatic heterocycles. The number of ether oxygens (including phenoxy) is 1. The van der Waals surface area contributed by atoms with Crippen molar-refractivity contribution in [2.75, 3.05) is 5.32 Å². The van der Waals surface area contributed by atoms with E-state index in [-0.39, 0.29) is 6.61 Å². The van der Waals surface area contributed by atoms with Gasteiger partial charge in [0.15, 0.2) is 0 Å². The van der Waals surface area contributed by atoms with Crippen molar-refractivity contribution in [3.63, 3.8) is 0 Å². The summed E-state index contributed by atoms with van der Waals surface area (Å²) in [6.45, 7) is 0.201. The summed E-state index contributed by atoms with van der Waals surface area (Å²) >= 11 is 0. The summed E-state index contributed by atoms with van der Waals surface area (Å²) in [5.41, 5.74) is 1.78. The molecule has 0 saturated heterocycles. The van der Waals surface area contributed by atoms with E-state index in [0.717, 1.165) is 5.56 Å². The number of benzene rings is 2. The van der Waals surface area contributed by atoms with Crippen molar-refractivity contribution in [2.45, 2.75) is 6.61 Å². The lowest BCUT2D eigenvalue weighted by molar-refractivity contribution is 0.155. The van der Waals surface area contributed by atoms with E-state index < -0.39 is 6.09 Å². The second-order valence-corrected chi connectivity index (χ2v) is 3.87. The quantitative estimate of drug-likeness (QED) is 0.912. The summed E-state index contributed by atoms with van der Waals surface area (Å²) in [6.07, 6.45) is 1.19. The third kappa shape index (κ3) is 3.96. The van der Waals surface area contributed by atoms with Gasteiger partial charge in [0.25, 0.3) is 0 Å². The Balaban J connectivity index is 1.89. The van der Waals surface area contributed by atoms with Crippen LogP contribution in [0.2, 0.25) is 0 Å². The molecule has 4 nitrogen and oxygen atoms in total. The fraction of sp³-hybridized carbons (Fsp3) is 0.0667. The number of carbonyl (C=O) groups is 1. The smallest absolute Gasteiger partial charge is 0.411 e. The molecule has 0 aliphatic rings. The van der Waals surface area contributed by atoms with E-state index in [1.807, 2.05) is 30.3 Å². The number of carbonyl (C=O) groups excluding carboxylic acids is 2. The van der Waals surface area contributed by atoms with Crippen LogP contribution in [-0.4, -0.2) is 12.4 Å². The first-order valence-electron chi connectivity index (χ1n) is 5.74. The molecule has 1 N–H and O–H groups in total. The Morgan fingerprint density at radius 2 is 1.89 bits per heavy atom. The van der Waals surface area contributed by atoms with Gasteiger partial charge in [-0.2, -0.15) is 0 Å². The summed E-state index contributed by atoms with van der Waals surface area (Å²) < 4.78 is 5.06. The zero-order valence-corrected chi connectivity index (χ0v) is 10.1. The van der Waals surface area contributed by atoms with E-state index in [2.05, 4.69) is 5.32 Å². The number of anilines is 1. The molecule has 1 radical (unpaired) electrons. The Labute approximate surface area is 111 Å². The number of nitrogens with one attached hydrogen (secondary N) is 1. The van der Waals surface area contributed by atoms with Crippen molar-refractivity contribution in [3.05, 3.63) is 65.7 Å². The van der Waals surface area contributed by atoms with Crippen LogP contribution < -0.4 is 5.32 Å². The largest absolute Gasteiger partial charge is 0.444 e. The lowest BCUT2D eigenvalue weighted by atomic mass is 10.2. The van der Waals surface area contributed by atoms with Crippen LogP contribution >= 0.6 is 0 Å². The third-order valence-electron chi connectivity index (χ3n) is 2.44. The Kier molecular flexibility index (Phi) is 4.29. The summed E-state index contributed by atoms with van der Waals surface area (Å²) in [4.78, 5) is 22.0. The number of hydrogen-bond donors (Lipinski definition) is 1. The van der Waals surface area contributed by atoms with Gasteiger partial charge in [0.1, 0.15) is 6.61 Å². The average molecular weight is 254 g/mol. The molecular weight excluding hydrogens is 242 g/mol. The minimum atomic E-state index is -0.563. The van der Waals surface area contributed by atoms with Crippen molar-refractivity contribution >= 4 is 18.1 Å². The number of amides is 1. The molecule has 2 rings (SSSR count). The Morgan fingerprint density at radius 3 is 2.63 bits per heavy atom. The molecule has 0 bridgehead atoms. The maximum absolute atomic E-state index is 11.6. The maximum Gasteiger partial charge on any atom is 0.411 e. The van der Waals surface area contributed by atoms with Crippen molar-refractivity contribution in [1.82, 2.24) is 0 Å². The first-order chi connectivity index (χ1) is 9.28. The van der Waals surface area contributed by atoms with E-state index >= 15 is 0 Å². The standard InChI is InChI=1S/C15H12NO3/c17-10-13-7-4-8-14(9-13)16-15(18)19-11-12-5-2-1-3-6-12/h1-9H,11H2,(H,16,18). The predicted molar refractivity (Wildman–Crippen MR) is 71.5 cm³/mol. The Hall–Kier alpha value is -2.62. The molecule has 19 heavy (non-hydrogen) atoms. The van der Waals surface area contributed by atoms with Gasteiger partial charge >= 0.3 is 6.09 Å². The molecule has 0 saturated carbocycles. The van der Waals surface area contributed by atoms with Gasteiger partial charge in [-0.3, -0.25) is 10.1 Å². The van der Waals surface area contributed by atoms with Crippen molar-refractivity contribution in [1.29, 1.82) is 0 Å². The van der Waals surface area contributed by atoms with E-state index in [4.69, 9.17) is 4.74 Å². The number of rotatable bonds is 4. The first-order valence-corrected chi connectivity index (χ1v) is 5.74. The fourth-order valence-electron chi connectivity index (χ4n) is 1.54. The summed E-state index contributed by atoms with van der Waals surface area (Å²) in [7, 11) is 0. The lowest BCUT2D eigenvalue weighted by Crippen LogP contribution is -2.13. The molecule has 2 aromatic carbocycles. The lowest BCUT2D eigenvalue weighted by Gasteiger charge is -2.07. The zero-order chi connectivity index (χ0) is 13.5. The first kappa shape index (κ1) is 12.8. The van der Waals surface area contributed by atoms with Gasteiger partial charge in [-0.05, 0) is 17.7 Å². The highest BCUT2D eigenvalue weighted by atomic mass is 16.5. The van der Waals surface area contributed by atoms with E-state index in [1.54, 1.807) is 24.5 Å². The minimum absolute atomic E-state index is 0.201. The molecule has 1 amide bonds. The van der Waals surface area contributed by atoms with Gasteiger partial charge < -0.3 is 4.74 Å². The van der Waals surface area contributed by atoms with Gasteiger partial charge in [0, 0.05) is 11.3 Å². The van der Waals surface area contributed by atoms with Crippen LogP contribution in [0.25, 0.3) is 0 Å². The molecular formula is C15H12NO3. The molecule has 0 heterocycles. The van der Waals surface area contributed by atoms with Crippen LogP contribution in [0.15, 0.2) is 54.6 Å². The highest BCUT2D eigenvalue weighted by molar-refractivity contribution is 5.86. The molecule has 2 aromatic rings. The maximum atomic E-state index is 11.6. The van der Waals surface area contributed by atoms with Gasteiger partial charge in [-0.1, -0.05) is 42.5 Å². The summed E-state index contributed by atoms with van der Waals surface area (Å²) in [5.74, 6) is 0. The fourth-order valence-corrected chi connectivity index (χ4v) is 1.54. The SMILES string of the molecule is O=[C]c1cccc(NC(=O)OCc2ccccc2)c1. The molecule has 4 heteroatoms. The molecule has 0 fully saturated rings. The predicted octanol–water partition coefficient (Wildman–Crippen LogP) is 2.89. The second kappa shape index (κ2) is 6.35. The number of hydrogen-bond acceptors (Lipinski definition) is 3. The summed E-state index contributed by atoms with van der Waals surface area (Å²) in [6, 6.07) is 15.8. The molecule has 0 aromatic heterocycles. The zero-order valence-electron chi connectivity index (χ0n) is 10.1. The topological polar surface area (TPSA) is 55.4 Å². The van der Waals surface area contributed by atoms with Crippen LogP contribution in [0.4, 0.5) is 10.5 Å². The molecule has 0 spiro atoms. The van der Waals surface area contributed by atoms with E-state index in [0.29, 0.717) is 11.3 Å². The highest BCUT2D eigenvalue weighted by Gasteiger charge is 2.04. The van der Waals surface area contributed by atoms with Gasteiger partial charge in [-0.15, -0.1) is 0 Å². The normalized spacial score (nSPS) is 9.68. The van der Waals surface area contributed by atoms with Gasteiger partial charge in [0.2, 0.25) is 6.29 Å². The van der Waals surface area contributed by atoms with Gasteiger partial charge in [0.05, 0.1) is 0 Å². The molecule has 95 valence electrons. The van der Waals surface area contributed by atoms with Crippen LogP contribution in [0.3, 0.4) is 0 Å². The van der Waals surface area contributed by atoms with Crippen molar-refractivity contribution in [3.8, 4) is 0 Å². The molecule has 0 aliphatic carbocycles.